The van der Waals surface area contributed by atoms with E-state index >= 15 is 0 Å². The summed E-state index contributed by atoms with van der Waals surface area (Å²) in [6.07, 6.45) is -4.81. The molecule has 4 heterocycles. The molecule has 0 radical (unpaired) electrons. The number of ether oxygens (including phenoxy) is 6. The largest absolute Gasteiger partial charge is 0.461 e. The van der Waals surface area contributed by atoms with Crippen LogP contribution in [0.15, 0.2) is 54.6 Å². The maximum absolute atomic E-state index is 12.9. The molecule has 7 aliphatic rings. The molecule has 0 aromatic heterocycles. The van der Waals surface area contributed by atoms with Crippen molar-refractivity contribution in [3.8, 4) is 0 Å². The van der Waals surface area contributed by atoms with Crippen LogP contribution in [-0.4, -0.2) is 110 Å². The Kier molecular flexibility index (Phi) is 8.27. The molecule has 252 valence electrons. The van der Waals surface area contributed by atoms with Gasteiger partial charge in [-0.25, -0.2) is 9.59 Å². The molecule has 1 aromatic carbocycles. The third-order valence-corrected chi connectivity index (χ3v) is 10.6. The van der Waals surface area contributed by atoms with Crippen molar-refractivity contribution >= 4 is 11.9 Å². The molecule has 0 spiro atoms. The zero-order valence-corrected chi connectivity index (χ0v) is 26.0. The summed E-state index contributed by atoms with van der Waals surface area (Å²) in [7, 11) is 0. The molecule has 3 aliphatic carbocycles. The van der Waals surface area contributed by atoms with Crippen LogP contribution in [0, 0.1) is 11.3 Å². The molecule has 7 fully saturated rings. The van der Waals surface area contributed by atoms with Crippen LogP contribution in [0.2, 0.25) is 0 Å². The second-order valence-corrected chi connectivity index (χ2v) is 13.6. The highest BCUT2D eigenvalue weighted by Gasteiger charge is 2.94. The van der Waals surface area contributed by atoms with Crippen LogP contribution < -0.4 is 0 Å². The van der Waals surface area contributed by atoms with Gasteiger partial charge in [0.1, 0.15) is 48.8 Å². The zero-order chi connectivity index (χ0) is 33.3. The van der Waals surface area contributed by atoms with Crippen molar-refractivity contribution in [3.63, 3.8) is 0 Å². The van der Waals surface area contributed by atoms with Crippen molar-refractivity contribution in [2.75, 3.05) is 13.2 Å². The van der Waals surface area contributed by atoms with E-state index in [2.05, 4.69) is 6.58 Å². The molecule has 46 heavy (non-hydrogen) atoms. The minimum Gasteiger partial charge on any atom is -0.461 e. The molecule has 12 atom stereocenters. The van der Waals surface area contributed by atoms with Crippen molar-refractivity contribution in [1.82, 2.24) is 0 Å². The number of rotatable bonds is 12. The number of benzene rings is 1. The van der Waals surface area contributed by atoms with Crippen molar-refractivity contribution < 1.29 is 63.5 Å². The van der Waals surface area contributed by atoms with Gasteiger partial charge < -0.3 is 54.0 Å². The minimum absolute atomic E-state index is 0.0401. The molecule has 8 rings (SSSR count). The third-order valence-electron chi connectivity index (χ3n) is 10.6. The van der Waals surface area contributed by atoms with Gasteiger partial charge in [-0.2, -0.15) is 0 Å². The molecule has 3 saturated carbocycles. The van der Waals surface area contributed by atoms with Gasteiger partial charge in [0.25, 0.3) is 0 Å². The lowest BCUT2D eigenvalue weighted by atomic mass is 9.41. The van der Waals surface area contributed by atoms with E-state index in [1.165, 1.54) is 6.08 Å². The fraction of sp³-hybridized carbons (Fsp3) is 0.636. The minimum atomic E-state index is -1.72. The fourth-order valence-corrected chi connectivity index (χ4v) is 7.90. The first-order chi connectivity index (χ1) is 21.6. The van der Waals surface area contributed by atoms with Crippen molar-refractivity contribution in [2.45, 2.75) is 106 Å². The Morgan fingerprint density at radius 1 is 1.11 bits per heavy atom. The van der Waals surface area contributed by atoms with Gasteiger partial charge in [-0.3, -0.25) is 0 Å². The molecule has 13 nitrogen and oxygen atoms in total. The second kappa shape index (κ2) is 11.5. The Balaban J connectivity index is 1.17. The Hall–Kier alpha value is -2.72. The van der Waals surface area contributed by atoms with E-state index in [1.54, 1.807) is 57.2 Å². The van der Waals surface area contributed by atoms with Gasteiger partial charge in [-0.05, 0) is 52.2 Å². The number of aliphatic hydroxyl groups is 5. The molecular weight excluding hydrogens is 604 g/mol. The van der Waals surface area contributed by atoms with Gasteiger partial charge in [0.05, 0.1) is 16.6 Å². The number of hydrogen-bond acceptors (Lipinski definition) is 13. The molecule has 4 saturated heterocycles. The van der Waals surface area contributed by atoms with Gasteiger partial charge in [0.2, 0.25) is 0 Å². The van der Waals surface area contributed by atoms with Crippen LogP contribution in [0.5, 0.6) is 0 Å². The average Bonchev–Trinajstić information content (AvgIpc) is 3.21. The monoisotopic (exact) mass is 646 g/mol. The Labute approximate surface area is 266 Å². The molecule has 4 aliphatic heterocycles. The number of hydrogen-bond donors (Lipinski definition) is 5. The summed E-state index contributed by atoms with van der Waals surface area (Å²) in [6.45, 7) is 7.78. The van der Waals surface area contributed by atoms with Gasteiger partial charge in [-0.1, -0.05) is 30.4 Å². The highest BCUT2D eigenvalue weighted by molar-refractivity contribution is 5.89. The number of carbonyl (C=O) groups is 2. The van der Waals surface area contributed by atoms with E-state index in [0.717, 1.165) is 0 Å². The van der Waals surface area contributed by atoms with E-state index < -0.39 is 89.5 Å². The SMILES string of the molecule is C=C[C@@](C)(O)CC/C=C(\C)C(=O)OC[C@H]1O[C@@H](O[C@]23CC4C2(COC(=O)c2ccccc2)[C@H]2O[C@]4(O)C[C@]3(C)O2)[C@H](O)[C@@H](O)[C@@H]1O. The van der Waals surface area contributed by atoms with Crippen molar-refractivity contribution in [3.05, 3.63) is 60.2 Å². The first-order valence-electron chi connectivity index (χ1n) is 15.5. The van der Waals surface area contributed by atoms with Crippen LogP contribution in [0.4, 0.5) is 0 Å². The average molecular weight is 647 g/mol. The Bertz CT molecular complexity index is 1400. The lowest BCUT2D eigenvalue weighted by molar-refractivity contribution is -0.424. The van der Waals surface area contributed by atoms with E-state index in [0.29, 0.717) is 18.4 Å². The van der Waals surface area contributed by atoms with Gasteiger partial charge in [-0.15, -0.1) is 6.58 Å². The van der Waals surface area contributed by atoms with Gasteiger partial charge in [0, 0.05) is 17.9 Å². The summed E-state index contributed by atoms with van der Waals surface area (Å²) >= 11 is 0. The van der Waals surface area contributed by atoms with E-state index in [9.17, 15) is 35.1 Å². The predicted molar refractivity (Wildman–Crippen MR) is 156 cm³/mol. The molecule has 2 unspecified atom stereocenters. The smallest absolute Gasteiger partial charge is 0.338 e. The number of carbonyl (C=O) groups excluding carboxylic acids is 2. The summed E-state index contributed by atoms with van der Waals surface area (Å²) in [6, 6.07) is 8.42. The van der Waals surface area contributed by atoms with E-state index in [1.807, 2.05) is 0 Å². The highest BCUT2D eigenvalue weighted by atomic mass is 16.8. The summed E-state index contributed by atoms with van der Waals surface area (Å²) < 4.78 is 35.8. The summed E-state index contributed by atoms with van der Waals surface area (Å²) in [5.74, 6) is -3.34. The van der Waals surface area contributed by atoms with E-state index in [4.69, 9.17) is 28.4 Å². The van der Waals surface area contributed by atoms with Crippen LogP contribution >= 0.6 is 0 Å². The van der Waals surface area contributed by atoms with Crippen LogP contribution in [0.25, 0.3) is 0 Å². The number of esters is 2. The summed E-state index contributed by atoms with van der Waals surface area (Å²) in [4.78, 5) is 25.6. The van der Waals surface area contributed by atoms with Gasteiger partial charge in [0.15, 0.2) is 18.4 Å². The zero-order valence-electron chi connectivity index (χ0n) is 26.0. The van der Waals surface area contributed by atoms with Crippen molar-refractivity contribution in [1.29, 1.82) is 0 Å². The molecule has 5 N–H and O–H groups in total. The van der Waals surface area contributed by atoms with Crippen LogP contribution in [0.1, 0.15) is 56.8 Å². The molecular formula is C33H42O13. The normalized spacial score (nSPS) is 43.5. The lowest BCUT2D eigenvalue weighted by Gasteiger charge is -2.67. The Morgan fingerprint density at radius 2 is 1.83 bits per heavy atom. The maximum Gasteiger partial charge on any atom is 0.338 e. The Morgan fingerprint density at radius 3 is 2.52 bits per heavy atom. The van der Waals surface area contributed by atoms with Gasteiger partial charge >= 0.3 is 11.9 Å². The van der Waals surface area contributed by atoms with Crippen LogP contribution in [0.3, 0.4) is 0 Å². The topological polar surface area (TPSA) is 191 Å². The molecule has 0 amide bonds. The maximum atomic E-state index is 12.9. The molecule has 13 heteroatoms. The quantitative estimate of drug-likeness (QED) is 0.122. The fourth-order valence-electron chi connectivity index (χ4n) is 7.90. The standard InChI is InChI=1S/C33H42O13/c1-5-29(3,39)13-9-10-18(2)25(37)41-15-20-22(34)23(35)24(36)27(43-20)44-33-14-21-31(33,17-42-26(38)19-11-7-6-8-12-19)28-45-30(33,4)16-32(21,40)46-28/h5-8,10-12,20-24,27-28,34-36,39-40H,1,9,13-17H2,2-4H3/b18-10+/t20-,21?,22-,23+,24-,27+,28-,29-,30+,31?,32-,33+/m1/s1. The lowest BCUT2D eigenvalue weighted by Crippen LogP contribution is -2.80. The number of aliphatic hydroxyl groups excluding tert-OH is 3. The summed E-state index contributed by atoms with van der Waals surface area (Å²) in [5, 5.41) is 53.9. The predicted octanol–water partition coefficient (Wildman–Crippen LogP) is 0.857. The highest BCUT2D eigenvalue weighted by Crippen LogP contribution is 2.81. The van der Waals surface area contributed by atoms with E-state index in [-0.39, 0.29) is 25.0 Å². The number of allylic oxidation sites excluding steroid dienone is 1. The van der Waals surface area contributed by atoms with Crippen LogP contribution in [-0.2, 0) is 33.2 Å². The summed E-state index contributed by atoms with van der Waals surface area (Å²) in [5.41, 5.74) is -4.08. The molecule has 1 aromatic rings. The second-order valence-electron chi connectivity index (χ2n) is 13.6. The third kappa shape index (κ3) is 4.95. The molecule has 6 bridgehead atoms. The first-order valence-corrected chi connectivity index (χ1v) is 15.5. The van der Waals surface area contributed by atoms with Crippen molar-refractivity contribution in [2.24, 2.45) is 11.3 Å². The first kappa shape index (κ1) is 33.2.